The molecule has 0 bridgehead atoms. The summed E-state index contributed by atoms with van der Waals surface area (Å²) < 4.78 is 10.5. The summed E-state index contributed by atoms with van der Waals surface area (Å²) in [7, 11) is 0. The Labute approximate surface area is 105 Å². The fraction of sp³-hybridized carbons (Fsp3) is 0.100. The maximum atomic E-state index is 5.67. The fourth-order valence-electron chi connectivity index (χ4n) is 1.36. The van der Waals surface area contributed by atoms with E-state index < -0.39 is 0 Å². The summed E-state index contributed by atoms with van der Waals surface area (Å²) >= 11 is 2.70. The lowest BCUT2D eigenvalue weighted by molar-refractivity contribution is 0.489. The summed E-state index contributed by atoms with van der Waals surface area (Å²) in [6.07, 6.45) is 0. The zero-order valence-corrected chi connectivity index (χ0v) is 10.5. The van der Waals surface area contributed by atoms with Gasteiger partial charge in [0, 0.05) is 23.5 Å². The molecule has 3 aromatic rings. The van der Waals surface area contributed by atoms with Crippen molar-refractivity contribution in [3.05, 3.63) is 24.0 Å². The van der Waals surface area contributed by atoms with Gasteiger partial charge in [0.15, 0.2) is 9.92 Å². The van der Waals surface area contributed by atoms with Crippen LogP contribution in [0.1, 0.15) is 5.82 Å². The molecule has 0 unspecified atom stereocenters. The number of benzene rings is 1. The van der Waals surface area contributed by atoms with Crippen LogP contribution in [0.25, 0.3) is 11.1 Å². The fourth-order valence-corrected chi connectivity index (χ4v) is 2.86. The molecule has 0 aliphatic rings. The van der Waals surface area contributed by atoms with E-state index >= 15 is 0 Å². The Morgan fingerprint density at radius 1 is 1.35 bits per heavy atom. The van der Waals surface area contributed by atoms with Crippen molar-refractivity contribution >= 4 is 40.1 Å². The van der Waals surface area contributed by atoms with Crippen LogP contribution in [0.15, 0.2) is 32.2 Å². The molecule has 5 nitrogen and oxygen atoms in total. The zero-order valence-electron chi connectivity index (χ0n) is 8.88. The third kappa shape index (κ3) is 2.11. The number of nitrogens with zero attached hydrogens (tertiary/aromatic N) is 3. The predicted octanol–water partition coefficient (Wildman–Crippen LogP) is 2.72. The standard InChI is InChI=1S/C10H8N4OS2/c1-5-12-10(17-14-5)16-9-13-7-3-2-6(11)4-8(7)15-9/h2-4H,11H2,1H3. The summed E-state index contributed by atoms with van der Waals surface area (Å²) in [5.41, 5.74) is 7.82. The number of rotatable bonds is 2. The first-order valence-corrected chi connectivity index (χ1v) is 6.44. The summed E-state index contributed by atoms with van der Waals surface area (Å²) in [5, 5.41) is 0.557. The van der Waals surface area contributed by atoms with E-state index in [0.717, 1.165) is 15.7 Å². The molecular weight excluding hydrogens is 256 g/mol. The van der Waals surface area contributed by atoms with Crippen LogP contribution in [0.4, 0.5) is 5.69 Å². The lowest BCUT2D eigenvalue weighted by atomic mass is 10.3. The molecule has 86 valence electrons. The van der Waals surface area contributed by atoms with Gasteiger partial charge in [-0.25, -0.2) is 9.97 Å². The van der Waals surface area contributed by atoms with Crippen molar-refractivity contribution in [2.24, 2.45) is 0 Å². The van der Waals surface area contributed by atoms with Gasteiger partial charge in [-0.2, -0.15) is 4.37 Å². The zero-order chi connectivity index (χ0) is 11.8. The summed E-state index contributed by atoms with van der Waals surface area (Å²) in [5.74, 6) is 0.762. The molecule has 2 aromatic heterocycles. The van der Waals surface area contributed by atoms with Crippen molar-refractivity contribution in [3.63, 3.8) is 0 Å². The molecule has 0 atom stereocenters. The minimum absolute atomic E-state index is 0.557. The Hall–Kier alpha value is -1.60. The van der Waals surface area contributed by atoms with E-state index in [1.807, 2.05) is 13.0 Å². The van der Waals surface area contributed by atoms with Gasteiger partial charge in [-0.1, -0.05) is 0 Å². The lowest BCUT2D eigenvalue weighted by Crippen LogP contribution is -1.81. The number of nitrogens with two attached hydrogens (primary N) is 1. The maximum Gasteiger partial charge on any atom is 0.264 e. The van der Waals surface area contributed by atoms with Gasteiger partial charge >= 0.3 is 0 Å². The molecule has 3 rings (SSSR count). The van der Waals surface area contributed by atoms with Crippen LogP contribution in [0.5, 0.6) is 0 Å². The first-order chi connectivity index (χ1) is 8.20. The van der Waals surface area contributed by atoms with E-state index in [4.69, 9.17) is 10.2 Å². The van der Waals surface area contributed by atoms with E-state index in [1.54, 1.807) is 12.1 Å². The van der Waals surface area contributed by atoms with Crippen LogP contribution in [-0.2, 0) is 0 Å². The number of oxazole rings is 1. The van der Waals surface area contributed by atoms with E-state index in [-0.39, 0.29) is 0 Å². The van der Waals surface area contributed by atoms with E-state index in [9.17, 15) is 0 Å². The molecular formula is C10H8N4OS2. The third-order valence-electron chi connectivity index (χ3n) is 2.08. The molecule has 17 heavy (non-hydrogen) atoms. The highest BCUT2D eigenvalue weighted by Crippen LogP contribution is 2.31. The molecule has 1 aromatic carbocycles. The van der Waals surface area contributed by atoms with Gasteiger partial charge in [-0.3, -0.25) is 0 Å². The molecule has 2 heterocycles. The first-order valence-electron chi connectivity index (χ1n) is 4.85. The van der Waals surface area contributed by atoms with Gasteiger partial charge in [0.1, 0.15) is 11.3 Å². The van der Waals surface area contributed by atoms with Gasteiger partial charge in [-0.15, -0.1) is 0 Å². The molecule has 0 radical (unpaired) electrons. The highest BCUT2D eigenvalue weighted by molar-refractivity contribution is 8.00. The summed E-state index contributed by atoms with van der Waals surface area (Å²) in [6, 6.07) is 5.40. The van der Waals surface area contributed by atoms with Gasteiger partial charge in [0.2, 0.25) is 0 Å². The Kier molecular flexibility index (Phi) is 2.49. The van der Waals surface area contributed by atoms with Crippen molar-refractivity contribution < 1.29 is 4.42 Å². The second-order valence-corrected chi connectivity index (χ2v) is 5.37. The number of hydrogen-bond donors (Lipinski definition) is 1. The molecule has 2 N–H and O–H groups in total. The number of anilines is 1. The van der Waals surface area contributed by atoms with Crippen molar-refractivity contribution in [3.8, 4) is 0 Å². The smallest absolute Gasteiger partial charge is 0.264 e. The average Bonchev–Trinajstić information content (AvgIpc) is 2.84. The Morgan fingerprint density at radius 2 is 2.24 bits per heavy atom. The SMILES string of the molecule is Cc1nsc(Sc2nc3ccc(N)cc3o2)n1. The topological polar surface area (TPSA) is 77.8 Å². The van der Waals surface area contributed by atoms with E-state index in [0.29, 0.717) is 16.5 Å². The number of aromatic nitrogens is 3. The van der Waals surface area contributed by atoms with Gasteiger partial charge in [0.25, 0.3) is 5.22 Å². The maximum absolute atomic E-state index is 5.67. The molecule has 0 saturated carbocycles. The van der Waals surface area contributed by atoms with Gasteiger partial charge in [-0.05, 0) is 30.6 Å². The Bertz CT molecular complexity index is 676. The second kappa shape index (κ2) is 4.01. The van der Waals surface area contributed by atoms with Gasteiger partial charge in [0.05, 0.1) is 0 Å². The summed E-state index contributed by atoms with van der Waals surface area (Å²) in [4.78, 5) is 8.58. The largest absolute Gasteiger partial charge is 0.431 e. The highest BCUT2D eigenvalue weighted by Gasteiger charge is 2.10. The average molecular weight is 264 g/mol. The minimum Gasteiger partial charge on any atom is -0.431 e. The number of hydrogen-bond acceptors (Lipinski definition) is 7. The van der Waals surface area contributed by atoms with Crippen LogP contribution in [-0.4, -0.2) is 14.3 Å². The molecule has 0 aliphatic heterocycles. The normalized spacial score (nSPS) is 11.1. The molecule has 0 saturated heterocycles. The van der Waals surface area contributed by atoms with Crippen LogP contribution in [0.2, 0.25) is 0 Å². The Balaban J connectivity index is 1.95. The molecule has 0 spiro atoms. The molecule has 0 amide bonds. The monoisotopic (exact) mass is 264 g/mol. The highest BCUT2D eigenvalue weighted by atomic mass is 32.2. The van der Waals surface area contributed by atoms with E-state index in [2.05, 4.69) is 14.3 Å². The quantitative estimate of drug-likeness (QED) is 0.717. The van der Waals surface area contributed by atoms with Crippen molar-refractivity contribution in [1.29, 1.82) is 0 Å². The Morgan fingerprint density at radius 3 is 3.00 bits per heavy atom. The van der Waals surface area contributed by atoms with Crippen LogP contribution in [0.3, 0.4) is 0 Å². The number of fused-ring (bicyclic) bond motifs is 1. The predicted molar refractivity (Wildman–Crippen MR) is 67.2 cm³/mol. The van der Waals surface area contributed by atoms with Crippen molar-refractivity contribution in [1.82, 2.24) is 14.3 Å². The van der Waals surface area contributed by atoms with Crippen LogP contribution in [0, 0.1) is 6.92 Å². The minimum atomic E-state index is 0.557. The lowest BCUT2D eigenvalue weighted by Gasteiger charge is -1.88. The van der Waals surface area contributed by atoms with Crippen LogP contribution >= 0.6 is 23.3 Å². The summed E-state index contributed by atoms with van der Waals surface area (Å²) in [6.45, 7) is 1.85. The van der Waals surface area contributed by atoms with E-state index in [1.165, 1.54) is 23.3 Å². The molecule has 0 fully saturated rings. The van der Waals surface area contributed by atoms with Crippen molar-refractivity contribution in [2.45, 2.75) is 16.5 Å². The number of aryl methyl sites for hydroxylation is 1. The van der Waals surface area contributed by atoms with Gasteiger partial charge < -0.3 is 10.2 Å². The molecule has 7 heteroatoms. The number of nitrogen functional groups attached to an aromatic ring is 1. The van der Waals surface area contributed by atoms with Crippen molar-refractivity contribution in [2.75, 3.05) is 5.73 Å². The third-order valence-corrected chi connectivity index (χ3v) is 3.77. The first kappa shape index (κ1) is 10.5. The van der Waals surface area contributed by atoms with Crippen LogP contribution < -0.4 is 5.73 Å². The molecule has 0 aliphatic carbocycles. The second-order valence-electron chi connectivity index (χ2n) is 3.42.